The van der Waals surface area contributed by atoms with Crippen LogP contribution in [0.3, 0.4) is 0 Å². The van der Waals surface area contributed by atoms with Crippen molar-refractivity contribution >= 4 is 39.7 Å². The number of rotatable bonds is 9. The molecule has 52 heavy (non-hydrogen) atoms. The minimum absolute atomic E-state index is 0.00928. The van der Waals surface area contributed by atoms with Crippen LogP contribution < -0.4 is 9.80 Å². The van der Waals surface area contributed by atoms with Crippen LogP contribution in [-0.2, 0) is 0 Å². The molecular weight excluding hydrogens is 635 g/mol. The number of anilines is 6. The largest absolute Gasteiger partial charge is 0.311 e. The van der Waals surface area contributed by atoms with Crippen LogP contribution in [0.5, 0.6) is 0 Å². The fourth-order valence-electron chi connectivity index (χ4n) is 6.03. The predicted molar refractivity (Wildman–Crippen MR) is 212 cm³/mol. The van der Waals surface area contributed by atoms with Gasteiger partial charge in [0.05, 0.1) is 5.57 Å². The maximum Gasteiger partial charge on any atom is 0.147 e. The van der Waals surface area contributed by atoms with Gasteiger partial charge in [-0.25, -0.2) is 0 Å². The van der Waals surface area contributed by atoms with Crippen LogP contribution in [0.1, 0.15) is 33.4 Å². The Morgan fingerprint density at radius 1 is 0.385 bits per heavy atom. The fraction of sp³-hybridized carbons (Fsp3) is 0.0851. The average molecular weight is 672 g/mol. The molecule has 0 fully saturated rings. The Hall–Kier alpha value is -7.13. The van der Waals surface area contributed by atoms with Crippen LogP contribution in [0.4, 0.5) is 34.1 Å². The van der Waals surface area contributed by atoms with Gasteiger partial charge in [0.2, 0.25) is 0 Å². The molecule has 6 aromatic rings. The lowest BCUT2D eigenvalue weighted by Crippen LogP contribution is -2.10. The summed E-state index contributed by atoms with van der Waals surface area (Å²) in [6.07, 6.45) is 1.64. The number of hydrogen-bond acceptors (Lipinski definition) is 5. The first-order chi connectivity index (χ1) is 25.3. The smallest absolute Gasteiger partial charge is 0.147 e. The second-order valence-corrected chi connectivity index (χ2v) is 12.8. The van der Waals surface area contributed by atoms with E-state index in [1.54, 1.807) is 6.08 Å². The van der Waals surface area contributed by atoms with Gasteiger partial charge in [0, 0.05) is 34.1 Å². The van der Waals surface area contributed by atoms with Gasteiger partial charge in [0.15, 0.2) is 0 Å². The van der Waals surface area contributed by atoms with E-state index in [2.05, 4.69) is 165 Å². The highest BCUT2D eigenvalue weighted by atomic mass is 15.1. The molecule has 0 N–H and O–H groups in total. The molecule has 0 bridgehead atoms. The molecule has 0 heterocycles. The molecule has 0 saturated carbocycles. The van der Waals surface area contributed by atoms with E-state index in [1.807, 2.05) is 36.4 Å². The minimum atomic E-state index is -0.233. The second-order valence-electron chi connectivity index (χ2n) is 12.8. The highest BCUT2D eigenvalue weighted by Gasteiger charge is 2.17. The van der Waals surface area contributed by atoms with E-state index in [-0.39, 0.29) is 11.1 Å². The summed E-state index contributed by atoms with van der Waals surface area (Å²) in [7, 11) is 0. The Labute approximate surface area is 306 Å². The van der Waals surface area contributed by atoms with Crippen molar-refractivity contribution in [3.05, 3.63) is 196 Å². The van der Waals surface area contributed by atoms with Crippen molar-refractivity contribution in [1.29, 1.82) is 15.8 Å². The van der Waals surface area contributed by atoms with Crippen molar-refractivity contribution in [2.45, 2.75) is 27.7 Å². The maximum absolute atomic E-state index is 10.0. The van der Waals surface area contributed by atoms with Gasteiger partial charge in [-0.05, 0) is 123 Å². The lowest BCUT2D eigenvalue weighted by atomic mass is 9.94. The van der Waals surface area contributed by atoms with Crippen molar-refractivity contribution in [3.8, 4) is 18.2 Å². The molecule has 0 atom stereocenters. The van der Waals surface area contributed by atoms with E-state index in [0.717, 1.165) is 45.3 Å². The summed E-state index contributed by atoms with van der Waals surface area (Å²) in [5.41, 5.74) is 12.9. The summed E-state index contributed by atoms with van der Waals surface area (Å²) < 4.78 is 0. The normalized spacial score (nSPS) is 10.2. The molecule has 6 aromatic carbocycles. The first-order valence-electron chi connectivity index (χ1n) is 17.0. The third kappa shape index (κ3) is 7.69. The molecule has 5 heteroatoms. The van der Waals surface area contributed by atoms with Crippen molar-refractivity contribution in [3.63, 3.8) is 0 Å². The second kappa shape index (κ2) is 15.6. The third-order valence-corrected chi connectivity index (χ3v) is 8.94. The molecule has 0 radical (unpaired) electrons. The van der Waals surface area contributed by atoms with Crippen molar-refractivity contribution in [2.24, 2.45) is 0 Å². The first-order valence-corrected chi connectivity index (χ1v) is 17.0. The molecule has 0 amide bonds. The van der Waals surface area contributed by atoms with Gasteiger partial charge in [-0.2, -0.15) is 15.8 Å². The quantitative estimate of drug-likeness (QED) is 0.113. The van der Waals surface area contributed by atoms with E-state index in [4.69, 9.17) is 0 Å². The van der Waals surface area contributed by atoms with Crippen LogP contribution in [0.25, 0.3) is 5.57 Å². The number of hydrogen-bond donors (Lipinski definition) is 0. The Bertz CT molecular complexity index is 2110. The van der Waals surface area contributed by atoms with E-state index in [0.29, 0.717) is 5.57 Å². The predicted octanol–water partition coefficient (Wildman–Crippen LogP) is 12.2. The number of nitriles is 3. The van der Waals surface area contributed by atoms with Gasteiger partial charge >= 0.3 is 0 Å². The molecule has 0 spiro atoms. The van der Waals surface area contributed by atoms with Crippen molar-refractivity contribution < 1.29 is 0 Å². The molecule has 0 aliphatic rings. The molecule has 0 aromatic heterocycles. The van der Waals surface area contributed by atoms with E-state index in [9.17, 15) is 15.8 Å². The molecule has 6 rings (SSSR count). The molecule has 0 aliphatic carbocycles. The van der Waals surface area contributed by atoms with E-state index in [1.165, 1.54) is 22.3 Å². The lowest BCUT2D eigenvalue weighted by molar-refractivity contribution is 1.26. The minimum Gasteiger partial charge on any atom is -0.311 e. The number of aryl methyl sites for hydroxylation is 4. The molecule has 0 saturated heterocycles. The summed E-state index contributed by atoms with van der Waals surface area (Å²) in [5, 5.41) is 29.4. The molecule has 0 unspecified atom stereocenters. The van der Waals surface area contributed by atoms with E-state index >= 15 is 0 Å². The van der Waals surface area contributed by atoms with Gasteiger partial charge in [0.25, 0.3) is 0 Å². The standard InChI is InChI=1S/C47H37N5/c1-33-5-17-41(18-6-33)51(42-19-7-34(2)8-20-42)45-25-13-37(14-26-45)47(29-39(30-48)40(31-49)32-50)38-15-27-46(28-16-38)52(43-21-9-35(3)10-22-43)44-23-11-36(4)12-24-44/h5-29H,1-4H3. The summed E-state index contributed by atoms with van der Waals surface area (Å²) in [6.45, 7) is 8.30. The van der Waals surface area contributed by atoms with Gasteiger partial charge in [0.1, 0.15) is 23.8 Å². The number of allylic oxidation sites excluding steroid dienone is 3. The maximum atomic E-state index is 10.0. The highest BCUT2D eigenvalue weighted by molar-refractivity contribution is 5.86. The van der Waals surface area contributed by atoms with Gasteiger partial charge in [-0.3, -0.25) is 0 Å². The van der Waals surface area contributed by atoms with Gasteiger partial charge < -0.3 is 9.80 Å². The summed E-state index contributed by atoms with van der Waals surface area (Å²) in [5.74, 6) is 0. The topological polar surface area (TPSA) is 77.8 Å². The lowest BCUT2D eigenvalue weighted by Gasteiger charge is -2.26. The molecule has 250 valence electrons. The van der Waals surface area contributed by atoms with Crippen LogP contribution in [0, 0.1) is 61.7 Å². The zero-order valence-electron chi connectivity index (χ0n) is 29.7. The van der Waals surface area contributed by atoms with Crippen molar-refractivity contribution in [2.75, 3.05) is 9.80 Å². The van der Waals surface area contributed by atoms with Crippen LogP contribution in [0.15, 0.2) is 163 Å². The number of benzene rings is 6. The average Bonchev–Trinajstić information content (AvgIpc) is 3.17. The van der Waals surface area contributed by atoms with Crippen LogP contribution in [-0.4, -0.2) is 0 Å². The summed E-state index contributed by atoms with van der Waals surface area (Å²) in [4.78, 5) is 4.41. The Kier molecular flexibility index (Phi) is 10.4. The first kappa shape index (κ1) is 34.7. The molecular formula is C47H37N5. The Morgan fingerprint density at radius 3 is 0.865 bits per heavy atom. The Balaban J connectivity index is 1.45. The zero-order valence-corrected chi connectivity index (χ0v) is 29.7. The van der Waals surface area contributed by atoms with E-state index < -0.39 is 0 Å². The van der Waals surface area contributed by atoms with Crippen molar-refractivity contribution in [1.82, 2.24) is 0 Å². The SMILES string of the molecule is Cc1ccc(N(c2ccc(C)cc2)c2ccc(C(=CC(C#N)=C(C#N)C#N)c3ccc(N(c4ccc(C)cc4)c4ccc(C)cc4)cc3)cc2)cc1. The summed E-state index contributed by atoms with van der Waals surface area (Å²) >= 11 is 0. The van der Waals surface area contributed by atoms with Gasteiger partial charge in [-0.15, -0.1) is 0 Å². The summed E-state index contributed by atoms with van der Waals surface area (Å²) in [6, 6.07) is 55.9. The van der Waals surface area contributed by atoms with Crippen LogP contribution in [0.2, 0.25) is 0 Å². The zero-order chi connectivity index (χ0) is 36.6. The number of nitrogens with zero attached hydrogens (tertiary/aromatic N) is 5. The monoisotopic (exact) mass is 671 g/mol. The highest BCUT2D eigenvalue weighted by Crippen LogP contribution is 2.38. The third-order valence-electron chi connectivity index (χ3n) is 8.94. The molecule has 0 aliphatic heterocycles. The Morgan fingerprint density at radius 2 is 0.635 bits per heavy atom. The molecule has 5 nitrogen and oxygen atoms in total. The van der Waals surface area contributed by atoms with Gasteiger partial charge in [-0.1, -0.05) is 95.1 Å². The fourth-order valence-corrected chi connectivity index (χ4v) is 6.03. The van der Waals surface area contributed by atoms with Crippen LogP contribution >= 0.6 is 0 Å².